The van der Waals surface area contributed by atoms with Crippen molar-refractivity contribution in [1.29, 1.82) is 0 Å². The summed E-state index contributed by atoms with van der Waals surface area (Å²) < 4.78 is 0. The lowest BCUT2D eigenvalue weighted by Crippen LogP contribution is -2.57. The quantitative estimate of drug-likeness (QED) is 0.242. The van der Waals surface area contributed by atoms with Gasteiger partial charge < -0.3 is 31.5 Å². The smallest absolute Gasteiger partial charge is 0.326 e. The second kappa shape index (κ2) is 13.7. The molecule has 1 aliphatic rings. The van der Waals surface area contributed by atoms with Gasteiger partial charge in [0.2, 0.25) is 17.7 Å². The van der Waals surface area contributed by atoms with Crippen molar-refractivity contribution in [3.63, 3.8) is 0 Å². The van der Waals surface area contributed by atoms with E-state index >= 15 is 0 Å². The zero-order valence-electron chi connectivity index (χ0n) is 19.5. The van der Waals surface area contributed by atoms with Crippen LogP contribution in [0.4, 0.5) is 0 Å². The molecule has 0 aromatic heterocycles. The van der Waals surface area contributed by atoms with Gasteiger partial charge in [-0.15, -0.1) is 0 Å². The van der Waals surface area contributed by atoms with Crippen LogP contribution in [0.25, 0.3) is 0 Å². The lowest BCUT2D eigenvalue weighted by molar-refractivity contribution is -0.148. The zero-order valence-corrected chi connectivity index (χ0v) is 20.3. The molecule has 11 nitrogen and oxygen atoms in total. The minimum Gasteiger partial charge on any atom is -0.481 e. The monoisotopic (exact) mass is 508 g/mol. The number of carbonyl (C=O) groups is 5. The van der Waals surface area contributed by atoms with Crippen LogP contribution in [-0.4, -0.2) is 87.5 Å². The third-order valence-corrected chi connectivity index (χ3v) is 6.34. The molecule has 0 saturated carbocycles. The molecule has 1 heterocycles. The molecule has 1 aromatic rings. The zero-order chi connectivity index (χ0) is 26.0. The van der Waals surface area contributed by atoms with Gasteiger partial charge in [0.25, 0.3) is 0 Å². The molecule has 12 heteroatoms. The number of carbonyl (C=O) groups excluding carboxylic acids is 3. The summed E-state index contributed by atoms with van der Waals surface area (Å²) in [6.07, 6.45) is 2.52. The van der Waals surface area contributed by atoms with Crippen LogP contribution >= 0.6 is 11.8 Å². The second-order valence-electron chi connectivity index (χ2n) is 8.33. The van der Waals surface area contributed by atoms with Crippen LogP contribution in [0.15, 0.2) is 30.3 Å². The first-order valence-corrected chi connectivity index (χ1v) is 12.7. The number of likely N-dealkylation sites (tertiary alicyclic amines) is 1. The summed E-state index contributed by atoms with van der Waals surface area (Å²) in [5, 5.41) is 23.1. The number of carboxylic acid groups (broad SMARTS) is 2. The molecular weight excluding hydrogens is 476 g/mol. The molecule has 4 atom stereocenters. The van der Waals surface area contributed by atoms with E-state index in [1.165, 1.54) is 4.90 Å². The van der Waals surface area contributed by atoms with Gasteiger partial charge in [-0.2, -0.15) is 11.8 Å². The molecule has 2 rings (SSSR count). The number of hydrogen-bond donors (Lipinski definition) is 5. The van der Waals surface area contributed by atoms with E-state index in [0.29, 0.717) is 18.6 Å². The Morgan fingerprint density at radius 2 is 1.80 bits per heavy atom. The van der Waals surface area contributed by atoms with Crippen LogP contribution < -0.4 is 16.4 Å². The molecule has 0 bridgehead atoms. The maximum atomic E-state index is 13.5. The molecule has 4 unspecified atom stereocenters. The van der Waals surface area contributed by atoms with Crippen LogP contribution in [0.3, 0.4) is 0 Å². The number of thioether (sulfide) groups is 1. The highest BCUT2D eigenvalue weighted by Crippen LogP contribution is 2.20. The van der Waals surface area contributed by atoms with Gasteiger partial charge in [0.15, 0.2) is 0 Å². The van der Waals surface area contributed by atoms with Gasteiger partial charge in [0.1, 0.15) is 18.1 Å². The van der Waals surface area contributed by atoms with Gasteiger partial charge in [-0.25, -0.2) is 4.79 Å². The van der Waals surface area contributed by atoms with Crippen molar-refractivity contribution in [3.05, 3.63) is 35.9 Å². The number of carboxylic acids is 2. The van der Waals surface area contributed by atoms with E-state index in [0.717, 1.165) is 5.56 Å². The van der Waals surface area contributed by atoms with Crippen LogP contribution in [0.2, 0.25) is 0 Å². The van der Waals surface area contributed by atoms with Crippen LogP contribution in [-0.2, 0) is 30.4 Å². The number of nitrogens with two attached hydrogens (primary N) is 1. The lowest BCUT2D eigenvalue weighted by atomic mass is 10.0. The topological polar surface area (TPSA) is 179 Å². The van der Waals surface area contributed by atoms with Gasteiger partial charge in [-0.05, 0) is 36.8 Å². The average molecular weight is 509 g/mol. The first kappa shape index (κ1) is 28.1. The molecule has 6 N–H and O–H groups in total. The Morgan fingerprint density at radius 1 is 1.11 bits per heavy atom. The standard InChI is InChI=1S/C23H32N4O7S/c1-35-11-9-15(24)20(30)25-16(12-14-6-3-2-4-7-14)22(32)27-10-5-8-18(27)21(31)26-17(23(33)34)13-19(28)29/h2-4,6-7,15-18H,5,8-13,24H2,1H3,(H,25,30)(H,26,31)(H,28,29)(H,33,34). The number of amides is 3. The van der Waals surface area contributed by atoms with Crippen molar-refractivity contribution in [2.24, 2.45) is 5.73 Å². The number of nitrogens with one attached hydrogen (secondary N) is 2. The average Bonchev–Trinajstić information content (AvgIpc) is 3.31. The van der Waals surface area contributed by atoms with Gasteiger partial charge in [-0.1, -0.05) is 30.3 Å². The molecule has 35 heavy (non-hydrogen) atoms. The van der Waals surface area contributed by atoms with Crippen molar-refractivity contribution in [2.45, 2.75) is 56.3 Å². The normalized spacial score (nSPS) is 17.8. The van der Waals surface area contributed by atoms with Crippen molar-refractivity contribution in [1.82, 2.24) is 15.5 Å². The van der Waals surface area contributed by atoms with E-state index in [1.54, 1.807) is 11.8 Å². The summed E-state index contributed by atoms with van der Waals surface area (Å²) in [5.74, 6) is -3.87. The predicted molar refractivity (Wildman–Crippen MR) is 130 cm³/mol. The van der Waals surface area contributed by atoms with Gasteiger partial charge in [0.05, 0.1) is 12.5 Å². The minimum atomic E-state index is -1.62. The highest BCUT2D eigenvalue weighted by molar-refractivity contribution is 7.98. The third-order valence-electron chi connectivity index (χ3n) is 5.70. The van der Waals surface area contributed by atoms with E-state index in [4.69, 9.17) is 10.8 Å². The summed E-state index contributed by atoms with van der Waals surface area (Å²) in [4.78, 5) is 62.6. The number of hydrogen-bond acceptors (Lipinski definition) is 7. The second-order valence-corrected chi connectivity index (χ2v) is 9.31. The van der Waals surface area contributed by atoms with Gasteiger partial charge in [-0.3, -0.25) is 19.2 Å². The fraction of sp³-hybridized carbons (Fsp3) is 0.522. The molecule has 0 spiro atoms. The molecule has 1 saturated heterocycles. The number of rotatable bonds is 13. The maximum absolute atomic E-state index is 13.5. The number of aliphatic carboxylic acids is 2. The summed E-state index contributed by atoms with van der Waals surface area (Å²) in [5.41, 5.74) is 6.78. The largest absolute Gasteiger partial charge is 0.481 e. The van der Waals surface area contributed by atoms with E-state index < -0.39 is 60.2 Å². The highest BCUT2D eigenvalue weighted by atomic mass is 32.2. The fourth-order valence-corrected chi connectivity index (χ4v) is 4.34. The van der Waals surface area contributed by atoms with Crippen LogP contribution in [0, 0.1) is 0 Å². The van der Waals surface area contributed by atoms with E-state index in [-0.39, 0.29) is 19.4 Å². The van der Waals surface area contributed by atoms with Crippen LogP contribution in [0.5, 0.6) is 0 Å². The third kappa shape index (κ3) is 8.55. The summed E-state index contributed by atoms with van der Waals surface area (Å²) in [7, 11) is 0. The predicted octanol–water partition coefficient (Wildman–Crippen LogP) is -0.171. The van der Waals surface area contributed by atoms with Crippen molar-refractivity contribution in [2.75, 3.05) is 18.6 Å². The molecule has 0 radical (unpaired) electrons. The molecule has 1 aromatic carbocycles. The molecule has 0 aliphatic carbocycles. The Bertz CT molecular complexity index is 914. The van der Waals surface area contributed by atoms with Gasteiger partial charge in [0, 0.05) is 13.0 Å². The first-order chi connectivity index (χ1) is 16.6. The number of benzene rings is 1. The molecule has 192 valence electrons. The molecule has 3 amide bonds. The molecular formula is C23H32N4O7S. The van der Waals surface area contributed by atoms with Crippen molar-refractivity contribution in [3.8, 4) is 0 Å². The molecule has 1 fully saturated rings. The SMILES string of the molecule is CSCCC(N)C(=O)NC(Cc1ccccc1)C(=O)N1CCCC1C(=O)NC(CC(=O)O)C(=O)O. The van der Waals surface area contributed by atoms with Crippen LogP contribution in [0.1, 0.15) is 31.2 Å². The van der Waals surface area contributed by atoms with E-state index in [2.05, 4.69) is 10.6 Å². The highest BCUT2D eigenvalue weighted by Gasteiger charge is 2.39. The van der Waals surface area contributed by atoms with E-state index in [9.17, 15) is 29.1 Å². The Labute approximate surface area is 207 Å². The van der Waals surface area contributed by atoms with Crippen molar-refractivity contribution < 1.29 is 34.2 Å². The fourth-order valence-electron chi connectivity index (χ4n) is 3.85. The summed E-state index contributed by atoms with van der Waals surface area (Å²) in [6, 6.07) is 4.72. The Balaban J connectivity index is 2.19. The Kier molecular flexibility index (Phi) is 11.0. The summed E-state index contributed by atoms with van der Waals surface area (Å²) in [6.45, 7) is 0.243. The summed E-state index contributed by atoms with van der Waals surface area (Å²) >= 11 is 1.55. The number of nitrogens with zero attached hydrogens (tertiary/aromatic N) is 1. The lowest BCUT2D eigenvalue weighted by Gasteiger charge is -2.30. The van der Waals surface area contributed by atoms with Gasteiger partial charge >= 0.3 is 11.9 Å². The minimum absolute atomic E-state index is 0.183. The Hall–Kier alpha value is -3.12. The first-order valence-electron chi connectivity index (χ1n) is 11.3. The van der Waals surface area contributed by atoms with E-state index in [1.807, 2.05) is 36.6 Å². The molecule has 1 aliphatic heterocycles. The van der Waals surface area contributed by atoms with Crippen molar-refractivity contribution >= 4 is 41.4 Å². The Morgan fingerprint density at radius 3 is 2.40 bits per heavy atom. The maximum Gasteiger partial charge on any atom is 0.326 e.